The summed E-state index contributed by atoms with van der Waals surface area (Å²) in [5.41, 5.74) is 0. The van der Waals surface area contributed by atoms with Gasteiger partial charge < -0.3 is 4.57 Å². The lowest BCUT2D eigenvalue weighted by Crippen LogP contribution is -2.13. The van der Waals surface area contributed by atoms with Crippen LogP contribution in [0.25, 0.3) is 0 Å². The van der Waals surface area contributed by atoms with Gasteiger partial charge in [0.1, 0.15) is 0 Å². The molecule has 0 radical (unpaired) electrons. The first-order chi connectivity index (χ1) is 3.71. The fraction of sp³-hybridized carbons (Fsp3) is 1.00. The van der Waals surface area contributed by atoms with Crippen LogP contribution in [0.1, 0.15) is 0 Å². The molecule has 56 valence electrons. The zero-order valence-electron chi connectivity index (χ0n) is 4.96. The molecule has 9 heavy (non-hydrogen) atoms. The second kappa shape index (κ2) is 2.36. The van der Waals surface area contributed by atoms with Crippen molar-refractivity contribution in [3.05, 3.63) is 0 Å². The summed E-state index contributed by atoms with van der Waals surface area (Å²) in [7, 11) is -7.80. The number of halogens is 1. The first-order valence-electron chi connectivity index (χ1n) is 1.99. The van der Waals surface area contributed by atoms with Gasteiger partial charge in [-0.2, -0.15) is 8.42 Å². The van der Waals surface area contributed by atoms with E-state index in [2.05, 4.69) is 0 Å². The van der Waals surface area contributed by atoms with Crippen LogP contribution in [0.2, 0.25) is 0 Å². The van der Waals surface area contributed by atoms with Crippen molar-refractivity contribution in [1.82, 2.24) is 4.49 Å². The smallest absolute Gasteiger partial charge is 0.306 e. The standard InChI is InChI=1S/C2H7FNO3PS/c1-8(2,5)4-9(3,6)7/h1-2H3,(H,4,5). The molecule has 4 nitrogen and oxygen atoms in total. The molecule has 0 amide bonds. The Kier molecular flexibility index (Phi) is 2.38. The van der Waals surface area contributed by atoms with Gasteiger partial charge >= 0.3 is 10.4 Å². The van der Waals surface area contributed by atoms with E-state index in [1.165, 1.54) is 4.49 Å². The van der Waals surface area contributed by atoms with Crippen molar-refractivity contribution in [3.63, 3.8) is 0 Å². The summed E-state index contributed by atoms with van der Waals surface area (Å²) in [5.74, 6) is 0. The van der Waals surface area contributed by atoms with Crippen LogP contribution in [-0.2, 0) is 15.0 Å². The van der Waals surface area contributed by atoms with E-state index in [0.717, 1.165) is 13.3 Å². The van der Waals surface area contributed by atoms with Gasteiger partial charge in [-0.25, -0.2) is 0 Å². The van der Waals surface area contributed by atoms with E-state index >= 15 is 0 Å². The maximum atomic E-state index is 11.6. The van der Waals surface area contributed by atoms with E-state index in [1.54, 1.807) is 0 Å². The van der Waals surface area contributed by atoms with Crippen LogP contribution in [0.4, 0.5) is 3.89 Å². The Labute approximate surface area is 53.2 Å². The Bertz CT molecular complexity index is 228. The Morgan fingerprint density at radius 2 is 1.78 bits per heavy atom. The van der Waals surface area contributed by atoms with Crippen LogP contribution < -0.4 is 4.49 Å². The van der Waals surface area contributed by atoms with E-state index in [0.29, 0.717) is 0 Å². The quantitative estimate of drug-likeness (QED) is 0.485. The summed E-state index contributed by atoms with van der Waals surface area (Å²) in [6.07, 6.45) is 0. The maximum Gasteiger partial charge on any atom is 0.378 e. The van der Waals surface area contributed by atoms with Crippen LogP contribution >= 0.6 is 7.29 Å². The molecular formula is C2H7FNO3PS. The highest BCUT2D eigenvalue weighted by atomic mass is 32.3. The van der Waals surface area contributed by atoms with Gasteiger partial charge in [-0.1, -0.05) is 3.89 Å². The second-order valence-corrected chi connectivity index (χ2v) is 6.19. The van der Waals surface area contributed by atoms with E-state index in [1.807, 2.05) is 0 Å². The Hall–Kier alpha value is 0.0700. The van der Waals surface area contributed by atoms with Crippen LogP contribution in [0.5, 0.6) is 0 Å². The lowest BCUT2D eigenvalue weighted by molar-refractivity contribution is 0.542. The molecule has 0 saturated carbocycles. The Balaban J connectivity index is 4.26. The number of nitrogens with one attached hydrogen (secondary N) is 1. The van der Waals surface area contributed by atoms with Crippen molar-refractivity contribution in [3.8, 4) is 0 Å². The molecule has 0 aliphatic heterocycles. The summed E-state index contributed by atoms with van der Waals surface area (Å²) < 4.78 is 42.8. The molecule has 0 aromatic rings. The zero-order valence-corrected chi connectivity index (χ0v) is 6.67. The number of rotatable bonds is 2. The third kappa shape index (κ3) is 8.07. The van der Waals surface area contributed by atoms with Crippen molar-refractivity contribution in [2.75, 3.05) is 13.3 Å². The molecule has 1 N–H and O–H groups in total. The molecule has 0 aromatic heterocycles. The molecule has 0 rings (SSSR count). The zero-order chi connectivity index (χ0) is 7.71. The summed E-state index contributed by atoms with van der Waals surface area (Å²) in [6, 6.07) is 0. The fourth-order valence-corrected chi connectivity index (χ4v) is 2.36. The van der Waals surface area contributed by atoms with E-state index in [9.17, 15) is 16.9 Å². The fourth-order valence-electron chi connectivity index (χ4n) is 0.263. The average Bonchev–Trinajstić information content (AvgIpc) is 1.14. The lowest BCUT2D eigenvalue weighted by atomic mass is 11.9. The highest BCUT2D eigenvalue weighted by Gasteiger charge is 2.15. The minimum atomic E-state index is -4.79. The van der Waals surface area contributed by atoms with Gasteiger partial charge in [-0.15, -0.1) is 4.49 Å². The molecule has 7 heteroatoms. The van der Waals surface area contributed by atoms with Gasteiger partial charge in [-0.3, -0.25) is 0 Å². The Morgan fingerprint density at radius 1 is 1.44 bits per heavy atom. The molecule has 0 atom stereocenters. The monoisotopic (exact) mass is 175 g/mol. The second-order valence-electron chi connectivity index (χ2n) is 1.88. The van der Waals surface area contributed by atoms with Gasteiger partial charge in [0.25, 0.3) is 0 Å². The van der Waals surface area contributed by atoms with Crippen molar-refractivity contribution in [2.24, 2.45) is 0 Å². The number of hydrogen-bond donors (Lipinski definition) is 1. The van der Waals surface area contributed by atoms with Crippen LogP contribution in [0.3, 0.4) is 0 Å². The predicted molar refractivity (Wildman–Crippen MR) is 32.6 cm³/mol. The third-order valence-corrected chi connectivity index (χ3v) is 2.96. The minimum absolute atomic E-state index is 1.12. The summed E-state index contributed by atoms with van der Waals surface area (Å²) in [5, 5.41) is 0. The van der Waals surface area contributed by atoms with E-state index in [-0.39, 0.29) is 0 Å². The lowest BCUT2D eigenvalue weighted by Gasteiger charge is -2.01. The van der Waals surface area contributed by atoms with Gasteiger partial charge in [0.2, 0.25) is 0 Å². The largest absolute Gasteiger partial charge is 0.378 e. The molecule has 0 saturated heterocycles. The molecule has 0 aromatic carbocycles. The topological polar surface area (TPSA) is 63.2 Å². The van der Waals surface area contributed by atoms with Gasteiger partial charge in [0.15, 0.2) is 7.29 Å². The third-order valence-electron chi connectivity index (χ3n) is 0.329. The molecule has 0 bridgehead atoms. The molecule has 0 aliphatic rings. The van der Waals surface area contributed by atoms with Crippen LogP contribution in [0.15, 0.2) is 0 Å². The molecule has 0 spiro atoms. The first kappa shape index (κ1) is 9.07. The SMILES string of the molecule is CP(C)(=O)NS(=O)(=O)F. The van der Waals surface area contributed by atoms with Gasteiger partial charge in [0, 0.05) is 13.3 Å². The van der Waals surface area contributed by atoms with Gasteiger partial charge in [-0.05, 0) is 0 Å². The molecule has 0 aliphatic carbocycles. The maximum absolute atomic E-state index is 11.6. The van der Waals surface area contributed by atoms with Crippen molar-refractivity contribution in [2.45, 2.75) is 0 Å². The minimum Gasteiger partial charge on any atom is -0.306 e. The Morgan fingerprint density at radius 3 is 1.78 bits per heavy atom. The van der Waals surface area contributed by atoms with Crippen molar-refractivity contribution in [1.29, 1.82) is 0 Å². The molecule has 0 unspecified atom stereocenters. The molecule has 0 heterocycles. The summed E-state index contributed by atoms with van der Waals surface area (Å²) >= 11 is 0. The predicted octanol–water partition coefficient (Wildman–Crippen LogP) is 0.328. The van der Waals surface area contributed by atoms with Crippen molar-refractivity contribution < 1.29 is 16.9 Å². The number of hydrogen-bond acceptors (Lipinski definition) is 3. The normalized spacial score (nSPS) is 13.7. The van der Waals surface area contributed by atoms with E-state index < -0.39 is 17.7 Å². The summed E-state index contributed by atoms with van der Waals surface area (Å²) in [4.78, 5) is 0. The van der Waals surface area contributed by atoms with E-state index in [4.69, 9.17) is 0 Å². The highest BCUT2D eigenvalue weighted by Crippen LogP contribution is 2.30. The van der Waals surface area contributed by atoms with Crippen LogP contribution in [-0.4, -0.2) is 21.7 Å². The highest BCUT2D eigenvalue weighted by molar-refractivity contribution is 7.91. The molecular weight excluding hydrogens is 168 g/mol. The van der Waals surface area contributed by atoms with Crippen LogP contribution in [0, 0.1) is 0 Å². The van der Waals surface area contributed by atoms with Crippen molar-refractivity contribution >= 4 is 17.7 Å². The molecule has 0 fully saturated rings. The average molecular weight is 175 g/mol. The van der Waals surface area contributed by atoms with Gasteiger partial charge in [0.05, 0.1) is 0 Å². The first-order valence-corrected chi connectivity index (χ1v) is 5.98. The summed E-state index contributed by atoms with van der Waals surface area (Å²) in [6.45, 7) is 2.23.